The first-order valence-corrected chi connectivity index (χ1v) is 9.60. The van der Waals surface area contributed by atoms with Crippen molar-refractivity contribution in [3.8, 4) is 0 Å². The van der Waals surface area contributed by atoms with E-state index in [4.69, 9.17) is 11.6 Å². The summed E-state index contributed by atoms with van der Waals surface area (Å²) in [7, 11) is 0. The molecule has 3 rings (SSSR count). The number of benzene rings is 2. The molecule has 7 nitrogen and oxygen atoms in total. The Bertz CT molecular complexity index is 896. The van der Waals surface area contributed by atoms with Gasteiger partial charge in [0, 0.05) is 52.5 Å². The fraction of sp³-hybridized carbons (Fsp3) is 0.222. The van der Waals surface area contributed by atoms with Gasteiger partial charge < -0.3 is 9.80 Å². The molecule has 1 aliphatic rings. The Labute approximate surface area is 174 Å². The number of nitro groups is 1. The van der Waals surface area contributed by atoms with Gasteiger partial charge in [0.1, 0.15) is 0 Å². The number of hydrogen-bond acceptors (Lipinski definition) is 4. The van der Waals surface area contributed by atoms with Crippen molar-refractivity contribution in [3.05, 3.63) is 72.3 Å². The van der Waals surface area contributed by atoms with E-state index in [-0.39, 0.29) is 17.5 Å². The number of carbonyl (C=O) groups excluding carboxylic acids is 2. The lowest BCUT2D eigenvalue weighted by molar-refractivity contribution is -0.384. The largest absolute Gasteiger partial charge is 0.335 e. The highest BCUT2D eigenvalue weighted by Gasteiger charge is 2.27. The normalized spacial score (nSPS) is 14.1. The van der Waals surface area contributed by atoms with E-state index < -0.39 is 4.92 Å². The molecule has 1 saturated heterocycles. The van der Waals surface area contributed by atoms with Gasteiger partial charge in [-0.15, -0.1) is 0 Å². The summed E-state index contributed by atoms with van der Waals surface area (Å²) < 4.78 is 0.534. The van der Waals surface area contributed by atoms with E-state index in [2.05, 4.69) is 0 Å². The van der Waals surface area contributed by atoms with Crippen LogP contribution in [-0.2, 0) is 0 Å². The maximum atomic E-state index is 12.7. The summed E-state index contributed by atoms with van der Waals surface area (Å²) in [5.74, 6) is -0.281. The Kier molecular flexibility index (Phi) is 5.95. The lowest BCUT2D eigenvalue weighted by Gasteiger charge is -2.35. The number of non-ortho nitro benzene ring substituents is 1. The third kappa shape index (κ3) is 4.38. The SMILES string of the molecule is O=C(c1ccc(Cl)cc1)N1CCN(C(=O)c2ccc([N+](=O)[O-])cc2I)CC1. The molecule has 1 aliphatic heterocycles. The number of rotatable bonds is 3. The van der Waals surface area contributed by atoms with Crippen LogP contribution in [0.25, 0.3) is 0 Å². The Balaban J connectivity index is 1.65. The third-order valence-electron chi connectivity index (χ3n) is 4.34. The molecule has 140 valence electrons. The summed E-state index contributed by atoms with van der Waals surface area (Å²) in [5, 5.41) is 11.4. The third-order valence-corrected chi connectivity index (χ3v) is 5.48. The monoisotopic (exact) mass is 499 g/mol. The number of nitrogens with zero attached hydrogens (tertiary/aromatic N) is 3. The smallest absolute Gasteiger partial charge is 0.270 e. The minimum atomic E-state index is -0.489. The molecule has 2 aromatic rings. The molecule has 0 aromatic heterocycles. The summed E-state index contributed by atoms with van der Waals surface area (Å²) in [4.78, 5) is 39.0. The summed E-state index contributed by atoms with van der Waals surface area (Å²) in [5.41, 5.74) is 0.942. The standard InChI is InChI=1S/C18H15ClIN3O4/c19-13-3-1-12(2-4-13)17(24)21-7-9-22(10-8-21)18(25)15-6-5-14(23(26)27)11-16(15)20/h1-6,11H,7-10H2. The fourth-order valence-electron chi connectivity index (χ4n) is 2.85. The van der Waals surface area contributed by atoms with Gasteiger partial charge in [-0.3, -0.25) is 19.7 Å². The highest BCUT2D eigenvalue weighted by Crippen LogP contribution is 2.22. The highest BCUT2D eigenvalue weighted by molar-refractivity contribution is 14.1. The molecular formula is C18H15ClIN3O4. The van der Waals surface area contributed by atoms with Crippen molar-refractivity contribution < 1.29 is 14.5 Å². The Morgan fingerprint density at radius 1 is 0.963 bits per heavy atom. The topological polar surface area (TPSA) is 83.8 Å². The highest BCUT2D eigenvalue weighted by atomic mass is 127. The molecule has 0 spiro atoms. The van der Waals surface area contributed by atoms with Gasteiger partial charge in [-0.2, -0.15) is 0 Å². The minimum absolute atomic E-state index is 0.0469. The molecule has 1 fully saturated rings. The summed E-state index contributed by atoms with van der Waals surface area (Å²) in [6, 6.07) is 10.9. The van der Waals surface area contributed by atoms with Crippen molar-refractivity contribution in [1.82, 2.24) is 9.80 Å². The van der Waals surface area contributed by atoms with Crippen molar-refractivity contribution in [3.63, 3.8) is 0 Å². The van der Waals surface area contributed by atoms with Crippen LogP contribution in [0.2, 0.25) is 5.02 Å². The second-order valence-electron chi connectivity index (χ2n) is 6.01. The maximum absolute atomic E-state index is 12.7. The first-order valence-electron chi connectivity index (χ1n) is 8.15. The zero-order chi connectivity index (χ0) is 19.6. The molecule has 2 aromatic carbocycles. The van der Waals surface area contributed by atoms with Crippen LogP contribution in [0.4, 0.5) is 5.69 Å². The second kappa shape index (κ2) is 8.22. The average Bonchev–Trinajstić information content (AvgIpc) is 2.67. The average molecular weight is 500 g/mol. The molecule has 2 amide bonds. The summed E-state index contributed by atoms with van der Waals surface area (Å²) in [6.07, 6.45) is 0. The lowest BCUT2D eigenvalue weighted by atomic mass is 10.1. The molecule has 0 saturated carbocycles. The number of piperazine rings is 1. The molecule has 1 heterocycles. The van der Waals surface area contributed by atoms with E-state index in [9.17, 15) is 19.7 Å². The van der Waals surface area contributed by atoms with Crippen LogP contribution >= 0.6 is 34.2 Å². The Hall–Kier alpha value is -2.20. The second-order valence-corrected chi connectivity index (χ2v) is 7.61. The van der Waals surface area contributed by atoms with Crippen molar-refractivity contribution >= 4 is 51.7 Å². The van der Waals surface area contributed by atoms with E-state index in [1.807, 2.05) is 22.6 Å². The molecule has 0 N–H and O–H groups in total. The van der Waals surface area contributed by atoms with Crippen LogP contribution < -0.4 is 0 Å². The molecule has 0 unspecified atom stereocenters. The number of carbonyl (C=O) groups is 2. The molecule has 0 bridgehead atoms. The van der Waals surface area contributed by atoms with Crippen LogP contribution in [0.3, 0.4) is 0 Å². The first kappa shape index (κ1) is 19.6. The Morgan fingerprint density at radius 3 is 2.04 bits per heavy atom. The van der Waals surface area contributed by atoms with E-state index >= 15 is 0 Å². The first-order chi connectivity index (χ1) is 12.9. The van der Waals surface area contributed by atoms with Gasteiger partial charge in [-0.1, -0.05) is 11.6 Å². The summed E-state index contributed by atoms with van der Waals surface area (Å²) >= 11 is 7.78. The molecule has 9 heteroatoms. The predicted octanol–water partition coefficient (Wildman–Crippen LogP) is 3.45. The van der Waals surface area contributed by atoms with Crippen LogP contribution in [-0.4, -0.2) is 52.7 Å². The van der Waals surface area contributed by atoms with Gasteiger partial charge in [0.05, 0.1) is 10.5 Å². The zero-order valence-corrected chi connectivity index (χ0v) is 17.0. The minimum Gasteiger partial charge on any atom is -0.335 e. The van der Waals surface area contributed by atoms with E-state index in [0.29, 0.717) is 45.9 Å². The van der Waals surface area contributed by atoms with Gasteiger partial charge in [0.2, 0.25) is 0 Å². The van der Waals surface area contributed by atoms with Gasteiger partial charge in [-0.05, 0) is 52.9 Å². The number of hydrogen-bond donors (Lipinski definition) is 0. The quantitative estimate of drug-likeness (QED) is 0.368. The number of nitro benzene ring substituents is 1. The fourth-order valence-corrected chi connectivity index (χ4v) is 3.70. The van der Waals surface area contributed by atoms with Crippen LogP contribution in [0.15, 0.2) is 42.5 Å². The van der Waals surface area contributed by atoms with E-state index in [1.165, 1.54) is 18.2 Å². The lowest BCUT2D eigenvalue weighted by Crippen LogP contribution is -2.50. The molecule has 0 atom stereocenters. The van der Waals surface area contributed by atoms with Crippen LogP contribution in [0.5, 0.6) is 0 Å². The van der Waals surface area contributed by atoms with E-state index in [0.717, 1.165) is 0 Å². The Morgan fingerprint density at radius 2 is 1.52 bits per heavy atom. The maximum Gasteiger partial charge on any atom is 0.270 e. The van der Waals surface area contributed by atoms with Crippen molar-refractivity contribution in [2.24, 2.45) is 0 Å². The van der Waals surface area contributed by atoms with Crippen LogP contribution in [0, 0.1) is 13.7 Å². The number of halogens is 2. The van der Waals surface area contributed by atoms with Gasteiger partial charge in [0.15, 0.2) is 0 Å². The molecular weight excluding hydrogens is 485 g/mol. The zero-order valence-electron chi connectivity index (χ0n) is 14.1. The summed E-state index contributed by atoms with van der Waals surface area (Å²) in [6.45, 7) is 1.67. The van der Waals surface area contributed by atoms with E-state index in [1.54, 1.807) is 34.1 Å². The van der Waals surface area contributed by atoms with Crippen LogP contribution in [0.1, 0.15) is 20.7 Å². The van der Waals surface area contributed by atoms with Crippen molar-refractivity contribution in [2.75, 3.05) is 26.2 Å². The van der Waals surface area contributed by atoms with Crippen molar-refractivity contribution in [2.45, 2.75) is 0 Å². The van der Waals surface area contributed by atoms with Gasteiger partial charge in [-0.25, -0.2) is 0 Å². The van der Waals surface area contributed by atoms with Gasteiger partial charge >= 0.3 is 0 Å². The molecule has 27 heavy (non-hydrogen) atoms. The number of amides is 2. The predicted molar refractivity (Wildman–Crippen MR) is 109 cm³/mol. The molecule has 0 aliphatic carbocycles. The van der Waals surface area contributed by atoms with Crippen molar-refractivity contribution in [1.29, 1.82) is 0 Å². The van der Waals surface area contributed by atoms with Gasteiger partial charge in [0.25, 0.3) is 17.5 Å². The molecule has 0 radical (unpaired) electrons.